The zero-order valence-corrected chi connectivity index (χ0v) is 10.9. The molecule has 0 aromatic rings. The third kappa shape index (κ3) is 4.06. The molecule has 16 heavy (non-hydrogen) atoms. The molecule has 0 aromatic heterocycles. The summed E-state index contributed by atoms with van der Waals surface area (Å²) < 4.78 is 0. The van der Waals surface area contributed by atoms with Crippen LogP contribution in [0.3, 0.4) is 0 Å². The largest absolute Gasteiger partial charge is 0.313 e. The maximum absolute atomic E-state index is 3.69. The van der Waals surface area contributed by atoms with E-state index < -0.39 is 0 Å². The Hall–Kier alpha value is -0.0800. The SMILES string of the molecule is CC(CN1CCCC1)NCCC1CCCC1. The van der Waals surface area contributed by atoms with Crippen LogP contribution in [0, 0.1) is 5.92 Å². The van der Waals surface area contributed by atoms with Gasteiger partial charge in [0.05, 0.1) is 0 Å². The molecule has 1 unspecified atom stereocenters. The molecule has 0 bridgehead atoms. The first kappa shape index (κ1) is 12.4. The van der Waals surface area contributed by atoms with Crippen molar-refractivity contribution >= 4 is 0 Å². The highest BCUT2D eigenvalue weighted by Crippen LogP contribution is 2.26. The molecule has 1 heterocycles. The zero-order chi connectivity index (χ0) is 11.2. The summed E-state index contributed by atoms with van der Waals surface area (Å²) in [6.07, 6.45) is 10.2. The molecule has 1 aliphatic heterocycles. The molecule has 2 fully saturated rings. The maximum Gasteiger partial charge on any atom is 0.0166 e. The van der Waals surface area contributed by atoms with Crippen molar-refractivity contribution in [3.8, 4) is 0 Å². The molecule has 1 saturated heterocycles. The summed E-state index contributed by atoms with van der Waals surface area (Å²) in [5.74, 6) is 1.03. The highest BCUT2D eigenvalue weighted by atomic mass is 15.2. The quantitative estimate of drug-likeness (QED) is 0.746. The Morgan fingerprint density at radius 3 is 2.50 bits per heavy atom. The van der Waals surface area contributed by atoms with Crippen molar-refractivity contribution in [2.75, 3.05) is 26.2 Å². The van der Waals surface area contributed by atoms with Crippen molar-refractivity contribution in [3.63, 3.8) is 0 Å². The molecular formula is C14H28N2. The number of rotatable bonds is 6. The van der Waals surface area contributed by atoms with E-state index in [0.29, 0.717) is 6.04 Å². The summed E-state index contributed by atoms with van der Waals surface area (Å²) in [5.41, 5.74) is 0. The molecule has 0 spiro atoms. The first-order valence-corrected chi connectivity index (χ1v) is 7.30. The molecule has 0 aromatic carbocycles. The van der Waals surface area contributed by atoms with Crippen LogP contribution in [0.2, 0.25) is 0 Å². The van der Waals surface area contributed by atoms with Gasteiger partial charge in [-0.2, -0.15) is 0 Å². The Kier molecular flexibility index (Phi) is 5.11. The Labute approximate surface area is 101 Å². The zero-order valence-electron chi connectivity index (χ0n) is 10.9. The van der Waals surface area contributed by atoms with E-state index in [9.17, 15) is 0 Å². The van der Waals surface area contributed by atoms with E-state index in [4.69, 9.17) is 0 Å². The van der Waals surface area contributed by atoms with Crippen LogP contribution >= 0.6 is 0 Å². The topological polar surface area (TPSA) is 15.3 Å². The van der Waals surface area contributed by atoms with Gasteiger partial charge in [0.15, 0.2) is 0 Å². The molecule has 2 aliphatic rings. The van der Waals surface area contributed by atoms with Crippen molar-refractivity contribution in [2.45, 2.75) is 57.9 Å². The summed E-state index contributed by atoms with van der Waals surface area (Å²) in [6, 6.07) is 0.680. The van der Waals surface area contributed by atoms with Crippen molar-refractivity contribution in [1.29, 1.82) is 0 Å². The molecule has 1 saturated carbocycles. The van der Waals surface area contributed by atoms with Gasteiger partial charge in [0.2, 0.25) is 0 Å². The van der Waals surface area contributed by atoms with Crippen molar-refractivity contribution in [2.24, 2.45) is 5.92 Å². The molecule has 2 rings (SSSR count). The van der Waals surface area contributed by atoms with Crippen molar-refractivity contribution < 1.29 is 0 Å². The Morgan fingerprint density at radius 2 is 1.81 bits per heavy atom. The van der Waals surface area contributed by atoms with Crippen LogP contribution in [0.25, 0.3) is 0 Å². The number of hydrogen-bond donors (Lipinski definition) is 1. The van der Waals surface area contributed by atoms with Crippen LogP contribution in [0.15, 0.2) is 0 Å². The second-order valence-electron chi connectivity index (χ2n) is 5.80. The molecular weight excluding hydrogens is 196 g/mol. The fourth-order valence-electron chi connectivity index (χ4n) is 3.25. The van der Waals surface area contributed by atoms with Gasteiger partial charge in [-0.15, -0.1) is 0 Å². The Bertz CT molecular complexity index is 181. The van der Waals surface area contributed by atoms with Gasteiger partial charge in [-0.3, -0.25) is 0 Å². The van der Waals surface area contributed by atoms with Crippen LogP contribution in [0.5, 0.6) is 0 Å². The minimum absolute atomic E-state index is 0.680. The lowest BCUT2D eigenvalue weighted by Crippen LogP contribution is -2.38. The molecule has 1 atom stereocenters. The van der Waals surface area contributed by atoms with Crippen LogP contribution < -0.4 is 5.32 Å². The monoisotopic (exact) mass is 224 g/mol. The predicted molar refractivity (Wildman–Crippen MR) is 69.7 cm³/mol. The van der Waals surface area contributed by atoms with E-state index in [1.807, 2.05) is 0 Å². The lowest BCUT2D eigenvalue weighted by atomic mass is 10.0. The van der Waals surface area contributed by atoms with Gasteiger partial charge in [-0.1, -0.05) is 25.7 Å². The fraction of sp³-hybridized carbons (Fsp3) is 1.00. The average Bonchev–Trinajstić information content (AvgIpc) is 2.90. The number of likely N-dealkylation sites (tertiary alicyclic amines) is 1. The number of hydrogen-bond acceptors (Lipinski definition) is 2. The average molecular weight is 224 g/mol. The van der Waals surface area contributed by atoms with E-state index in [1.54, 1.807) is 0 Å². The van der Waals surface area contributed by atoms with Crippen molar-refractivity contribution in [1.82, 2.24) is 10.2 Å². The molecule has 0 radical (unpaired) electrons. The van der Waals surface area contributed by atoms with Gasteiger partial charge in [0.25, 0.3) is 0 Å². The summed E-state index contributed by atoms with van der Waals surface area (Å²) in [5, 5.41) is 3.69. The number of nitrogens with one attached hydrogen (secondary N) is 1. The first-order chi connectivity index (χ1) is 7.84. The fourth-order valence-corrected chi connectivity index (χ4v) is 3.25. The van der Waals surface area contributed by atoms with Gasteiger partial charge in [-0.25, -0.2) is 0 Å². The van der Waals surface area contributed by atoms with Crippen molar-refractivity contribution in [3.05, 3.63) is 0 Å². The lowest BCUT2D eigenvalue weighted by Gasteiger charge is -2.21. The summed E-state index contributed by atoms with van der Waals surface area (Å²) in [7, 11) is 0. The molecule has 94 valence electrons. The Balaban J connectivity index is 1.51. The molecule has 1 N–H and O–H groups in total. The smallest absolute Gasteiger partial charge is 0.0166 e. The van der Waals surface area contributed by atoms with E-state index in [2.05, 4.69) is 17.1 Å². The third-order valence-corrected chi connectivity index (χ3v) is 4.25. The predicted octanol–water partition coefficient (Wildman–Crippen LogP) is 2.64. The molecule has 1 aliphatic carbocycles. The van der Waals surface area contributed by atoms with Gasteiger partial charge in [0.1, 0.15) is 0 Å². The normalized spacial score (nSPS) is 25.3. The van der Waals surface area contributed by atoms with Crippen LogP contribution in [0.4, 0.5) is 0 Å². The van der Waals surface area contributed by atoms with Crippen LogP contribution in [-0.2, 0) is 0 Å². The highest BCUT2D eigenvalue weighted by molar-refractivity contribution is 4.74. The molecule has 2 nitrogen and oxygen atoms in total. The standard InChI is InChI=1S/C14H28N2/c1-13(12-16-10-4-5-11-16)15-9-8-14-6-2-3-7-14/h13-15H,2-12H2,1H3. The van der Waals surface area contributed by atoms with Crippen LogP contribution in [0.1, 0.15) is 51.9 Å². The van der Waals surface area contributed by atoms with Gasteiger partial charge >= 0.3 is 0 Å². The highest BCUT2D eigenvalue weighted by Gasteiger charge is 2.16. The summed E-state index contributed by atoms with van der Waals surface area (Å²) in [6.45, 7) is 7.49. The lowest BCUT2D eigenvalue weighted by molar-refractivity contribution is 0.295. The first-order valence-electron chi connectivity index (χ1n) is 7.30. The van der Waals surface area contributed by atoms with E-state index in [-0.39, 0.29) is 0 Å². The van der Waals surface area contributed by atoms with Gasteiger partial charge in [0, 0.05) is 12.6 Å². The van der Waals surface area contributed by atoms with E-state index in [0.717, 1.165) is 5.92 Å². The molecule has 2 heteroatoms. The minimum Gasteiger partial charge on any atom is -0.313 e. The van der Waals surface area contributed by atoms with Gasteiger partial charge < -0.3 is 10.2 Å². The third-order valence-electron chi connectivity index (χ3n) is 4.25. The minimum atomic E-state index is 0.680. The summed E-state index contributed by atoms with van der Waals surface area (Å²) in [4.78, 5) is 2.60. The summed E-state index contributed by atoms with van der Waals surface area (Å²) >= 11 is 0. The van der Waals surface area contributed by atoms with E-state index >= 15 is 0 Å². The molecule has 0 amide bonds. The second-order valence-corrected chi connectivity index (χ2v) is 5.80. The van der Waals surface area contributed by atoms with Gasteiger partial charge in [-0.05, 0) is 51.7 Å². The number of nitrogens with zero attached hydrogens (tertiary/aromatic N) is 1. The maximum atomic E-state index is 3.69. The second kappa shape index (κ2) is 6.61. The van der Waals surface area contributed by atoms with Crippen LogP contribution in [-0.4, -0.2) is 37.1 Å². The Morgan fingerprint density at radius 1 is 1.12 bits per heavy atom. The van der Waals surface area contributed by atoms with E-state index in [1.165, 1.54) is 71.1 Å².